The Balaban J connectivity index is 5.16. The van der Waals surface area contributed by atoms with Gasteiger partial charge < -0.3 is 16.5 Å². The molecule has 0 aliphatic rings. The average molecular weight is 441 g/mol. The van der Waals surface area contributed by atoms with Gasteiger partial charge in [-0.2, -0.15) is 0 Å². The van der Waals surface area contributed by atoms with Crippen molar-refractivity contribution in [3.8, 4) is 0 Å². The Labute approximate surface area is 163 Å². The molecule has 0 N–H and O–H groups in total. The van der Waals surface area contributed by atoms with E-state index in [1.807, 2.05) is 0 Å². The van der Waals surface area contributed by atoms with Crippen molar-refractivity contribution in [1.82, 2.24) is 0 Å². The highest BCUT2D eigenvalue weighted by Gasteiger charge is 2.46. The quantitative estimate of drug-likeness (QED) is 0.260. The third-order valence-electron chi connectivity index (χ3n) is 3.26. The van der Waals surface area contributed by atoms with Crippen LogP contribution >= 0.6 is 0 Å². The lowest BCUT2D eigenvalue weighted by atomic mass is 10.3. The highest BCUT2D eigenvalue weighted by molar-refractivity contribution is 6.90. The third kappa shape index (κ3) is 13.7. The van der Waals surface area contributed by atoms with Gasteiger partial charge in [-0.15, -0.1) is 0 Å². The summed E-state index contributed by atoms with van der Waals surface area (Å²) in [5, 5.41) is 0. The van der Waals surface area contributed by atoms with E-state index in [0.717, 1.165) is 6.04 Å². The summed E-state index contributed by atoms with van der Waals surface area (Å²) in [6.07, 6.45) is 3.64. The molecule has 0 saturated carbocycles. The van der Waals surface area contributed by atoms with Crippen molar-refractivity contribution in [1.29, 1.82) is 0 Å². The second-order valence-corrected chi connectivity index (χ2v) is 30.1. The van der Waals surface area contributed by atoms with Crippen molar-refractivity contribution in [2.45, 2.75) is 104 Å². The summed E-state index contributed by atoms with van der Waals surface area (Å²) in [5.74, 6) is 0. The van der Waals surface area contributed by atoms with E-state index < -0.39 is 42.3 Å². The van der Waals surface area contributed by atoms with E-state index in [9.17, 15) is 0 Å². The van der Waals surface area contributed by atoms with E-state index in [0.29, 0.717) is 0 Å². The van der Waals surface area contributed by atoms with Crippen LogP contribution in [-0.2, 0) is 16.5 Å². The van der Waals surface area contributed by atoms with Gasteiger partial charge in [-0.1, -0.05) is 26.2 Å². The van der Waals surface area contributed by atoms with Crippen molar-refractivity contribution in [3.05, 3.63) is 0 Å². The van der Waals surface area contributed by atoms with Gasteiger partial charge in [0.15, 0.2) is 16.6 Å². The topological polar surface area (TPSA) is 36.9 Å². The van der Waals surface area contributed by atoms with Crippen LogP contribution in [-0.4, -0.2) is 42.3 Å². The molecule has 0 aromatic rings. The smallest absolute Gasteiger partial charge is 0.315 e. The van der Waals surface area contributed by atoms with Gasteiger partial charge >= 0.3 is 25.7 Å². The molecule has 4 nitrogen and oxygen atoms in total. The molecule has 0 rings (SSSR count). The molecule has 0 radical (unpaired) electrons. The molecule has 1 atom stereocenters. The SMILES string of the molecule is CCCCC[Si](C)(O[Si](C)(C)C)O[Si](C)(C)O[Si](C)(C)O[Si](C)(C)C. The zero-order valence-corrected chi connectivity index (χ0v) is 24.0. The summed E-state index contributed by atoms with van der Waals surface area (Å²) in [7, 11) is -10.0. The molecule has 1 unspecified atom stereocenters. The van der Waals surface area contributed by atoms with Gasteiger partial charge in [0.25, 0.3) is 0 Å². The fourth-order valence-electron chi connectivity index (χ4n) is 3.36. The first-order valence-electron chi connectivity index (χ1n) is 9.69. The van der Waals surface area contributed by atoms with E-state index in [1.165, 1.54) is 19.3 Å². The maximum Gasteiger partial charge on any atom is 0.315 e. The Morgan fingerprint density at radius 3 is 1.36 bits per heavy atom. The minimum atomic E-state index is -2.32. The first-order chi connectivity index (χ1) is 10.9. The van der Waals surface area contributed by atoms with Gasteiger partial charge in [0.1, 0.15) is 0 Å². The van der Waals surface area contributed by atoms with Gasteiger partial charge in [0.2, 0.25) is 0 Å². The molecule has 0 saturated heterocycles. The summed E-state index contributed by atoms with van der Waals surface area (Å²) < 4.78 is 26.3. The Morgan fingerprint density at radius 2 is 0.960 bits per heavy atom. The predicted octanol–water partition coefficient (Wildman–Crippen LogP) is 6.39. The van der Waals surface area contributed by atoms with Gasteiger partial charge in [0.05, 0.1) is 0 Å². The van der Waals surface area contributed by atoms with Crippen LogP contribution in [0, 0.1) is 0 Å². The van der Waals surface area contributed by atoms with Crippen molar-refractivity contribution < 1.29 is 16.5 Å². The van der Waals surface area contributed by atoms with Crippen LogP contribution in [0.3, 0.4) is 0 Å². The summed E-state index contributed by atoms with van der Waals surface area (Å²) in [6, 6.07) is 1.06. The molecule has 0 aromatic heterocycles. The number of hydrogen-bond donors (Lipinski definition) is 0. The lowest BCUT2D eigenvalue weighted by Crippen LogP contribution is -2.59. The van der Waals surface area contributed by atoms with E-state index in [4.69, 9.17) is 16.5 Å². The fraction of sp³-hybridized carbons (Fsp3) is 1.00. The predicted molar refractivity (Wildman–Crippen MR) is 122 cm³/mol. The molecule has 0 heterocycles. The van der Waals surface area contributed by atoms with Gasteiger partial charge in [-0.3, -0.25) is 0 Å². The Hall–Kier alpha value is 0.924. The lowest BCUT2D eigenvalue weighted by molar-refractivity contribution is 0.294. The summed E-state index contributed by atoms with van der Waals surface area (Å²) in [4.78, 5) is 0. The van der Waals surface area contributed by atoms with Crippen molar-refractivity contribution in [2.75, 3.05) is 0 Å². The number of unbranched alkanes of at least 4 members (excludes halogenated alkanes) is 2. The van der Waals surface area contributed by atoms with E-state index in [2.05, 4.69) is 78.9 Å². The lowest BCUT2D eigenvalue weighted by Gasteiger charge is -2.42. The fourth-order valence-corrected chi connectivity index (χ4v) is 26.7. The van der Waals surface area contributed by atoms with Crippen LogP contribution in [0.2, 0.25) is 78.1 Å². The highest BCUT2D eigenvalue weighted by Crippen LogP contribution is 2.29. The van der Waals surface area contributed by atoms with E-state index in [-0.39, 0.29) is 0 Å². The first kappa shape index (κ1) is 25.9. The number of hydrogen-bond acceptors (Lipinski definition) is 4. The monoisotopic (exact) mass is 440 g/mol. The van der Waals surface area contributed by atoms with Crippen LogP contribution in [0.15, 0.2) is 0 Å². The normalized spacial score (nSPS) is 16.8. The maximum atomic E-state index is 6.74. The summed E-state index contributed by atoms with van der Waals surface area (Å²) in [6.45, 7) is 26.5. The van der Waals surface area contributed by atoms with Crippen LogP contribution in [0.1, 0.15) is 26.2 Å². The molecule has 152 valence electrons. The van der Waals surface area contributed by atoms with Crippen molar-refractivity contribution in [3.63, 3.8) is 0 Å². The minimum absolute atomic E-state index is 1.06. The van der Waals surface area contributed by atoms with Crippen molar-refractivity contribution in [2.24, 2.45) is 0 Å². The molecular weight excluding hydrogens is 397 g/mol. The van der Waals surface area contributed by atoms with Crippen LogP contribution in [0.5, 0.6) is 0 Å². The number of rotatable bonds is 12. The standard InChI is InChI=1S/C16H44O4Si5/c1-13-14-15-16-25(12,18-22(5,6)7)20-24(10,11)19-23(8,9)17-21(2,3)4/h13-16H2,1-12H3. The van der Waals surface area contributed by atoms with Crippen molar-refractivity contribution >= 4 is 42.3 Å². The molecule has 0 amide bonds. The molecule has 0 aliphatic heterocycles. The zero-order valence-electron chi connectivity index (χ0n) is 19.0. The van der Waals surface area contributed by atoms with E-state index in [1.54, 1.807) is 0 Å². The first-order valence-corrected chi connectivity index (χ1v) is 24.7. The molecule has 0 spiro atoms. The molecular formula is C16H44O4Si5. The zero-order chi connectivity index (χ0) is 20.2. The van der Waals surface area contributed by atoms with Gasteiger partial charge in [0, 0.05) is 0 Å². The summed E-state index contributed by atoms with van der Waals surface area (Å²) >= 11 is 0. The molecule has 0 fully saturated rings. The van der Waals surface area contributed by atoms with Crippen LogP contribution < -0.4 is 0 Å². The molecule has 9 heteroatoms. The van der Waals surface area contributed by atoms with Gasteiger partial charge in [-0.05, 0) is 78.1 Å². The Kier molecular flexibility index (Phi) is 9.76. The second-order valence-electron chi connectivity index (χ2n) is 10.0. The molecule has 25 heavy (non-hydrogen) atoms. The molecule has 0 bridgehead atoms. The highest BCUT2D eigenvalue weighted by atomic mass is 28.5. The maximum absolute atomic E-state index is 6.74. The average Bonchev–Trinajstić information content (AvgIpc) is 2.18. The van der Waals surface area contributed by atoms with E-state index >= 15 is 0 Å². The van der Waals surface area contributed by atoms with Gasteiger partial charge in [-0.25, -0.2) is 0 Å². The third-order valence-corrected chi connectivity index (χ3v) is 20.7. The minimum Gasteiger partial charge on any atom is -0.437 e. The summed E-state index contributed by atoms with van der Waals surface area (Å²) in [5.41, 5.74) is 0. The molecule has 0 aliphatic carbocycles. The second kappa shape index (κ2) is 9.42. The largest absolute Gasteiger partial charge is 0.437 e. The molecule has 0 aromatic carbocycles. The van der Waals surface area contributed by atoms with Crippen LogP contribution in [0.4, 0.5) is 0 Å². The Morgan fingerprint density at radius 1 is 0.520 bits per heavy atom. The van der Waals surface area contributed by atoms with Crippen LogP contribution in [0.25, 0.3) is 0 Å². The Bertz CT molecular complexity index is 404.